The van der Waals surface area contributed by atoms with Gasteiger partial charge in [0.15, 0.2) is 0 Å². The molecule has 1 aromatic heterocycles. The second kappa shape index (κ2) is 9.10. The van der Waals surface area contributed by atoms with Gasteiger partial charge in [-0.25, -0.2) is 4.39 Å². The van der Waals surface area contributed by atoms with E-state index in [1.54, 1.807) is 6.20 Å². The van der Waals surface area contributed by atoms with E-state index < -0.39 is 28.5 Å². The third-order valence-corrected chi connectivity index (χ3v) is 8.76. The standard InChI is InChI=1S/C29H32ClFN2O3/c1-3-27-15-26(34)29(35,21-12-22(30)14-23(31)13-21)17-28(27,32)9-8-19-11-24(6-7-25(19)27)36-16-20-5-4-10-33-18(20)2/h4-7,10-14,26,34-35H,3,8-9,15-17,32H2,1-2H3/t26-,27-,28-,29+/m0/s1. The van der Waals surface area contributed by atoms with E-state index in [1.807, 2.05) is 25.1 Å². The minimum absolute atomic E-state index is 0.104. The SMILES string of the molecule is CC[C@@]12C[C@H](O)[C@](O)(c3cc(F)cc(Cl)c3)C[C@@]1(N)CCc1cc(OCc3cccnc3C)ccc12. The number of aromatic nitrogens is 1. The van der Waals surface area contributed by atoms with Crippen LogP contribution < -0.4 is 10.5 Å². The second-order valence-electron chi connectivity index (χ2n) is 10.4. The molecule has 4 atom stereocenters. The maximum Gasteiger partial charge on any atom is 0.125 e. The molecule has 2 aliphatic rings. The summed E-state index contributed by atoms with van der Waals surface area (Å²) in [6, 6.07) is 13.9. The number of halogens is 2. The number of aryl methyl sites for hydroxylation is 2. The van der Waals surface area contributed by atoms with Crippen molar-refractivity contribution in [3.8, 4) is 5.75 Å². The van der Waals surface area contributed by atoms with Crippen molar-refractivity contribution in [2.45, 2.75) is 75.2 Å². The van der Waals surface area contributed by atoms with Crippen LogP contribution in [0.25, 0.3) is 0 Å². The number of rotatable bonds is 5. The van der Waals surface area contributed by atoms with E-state index in [2.05, 4.69) is 24.0 Å². The molecule has 3 aromatic rings. The zero-order valence-electron chi connectivity index (χ0n) is 20.6. The number of hydrogen-bond donors (Lipinski definition) is 3. The molecule has 0 saturated heterocycles. The number of ether oxygens (including phenoxy) is 1. The fraction of sp³-hybridized carbons (Fsp3) is 0.414. The molecular weight excluding hydrogens is 479 g/mol. The van der Waals surface area contributed by atoms with Crippen molar-refractivity contribution in [1.29, 1.82) is 0 Å². The Morgan fingerprint density at radius 2 is 2.03 bits per heavy atom. The zero-order chi connectivity index (χ0) is 25.7. The van der Waals surface area contributed by atoms with Gasteiger partial charge in [0.05, 0.1) is 6.10 Å². The van der Waals surface area contributed by atoms with E-state index in [9.17, 15) is 14.6 Å². The van der Waals surface area contributed by atoms with Gasteiger partial charge < -0.3 is 20.7 Å². The lowest BCUT2D eigenvalue weighted by Crippen LogP contribution is -2.69. The molecule has 4 N–H and O–H groups in total. The molecule has 5 rings (SSSR count). The van der Waals surface area contributed by atoms with Crippen molar-refractivity contribution < 1.29 is 19.3 Å². The van der Waals surface area contributed by atoms with E-state index in [-0.39, 0.29) is 23.4 Å². The maximum atomic E-state index is 14.2. The number of pyridine rings is 1. The molecule has 2 aromatic carbocycles. The maximum absolute atomic E-state index is 14.2. The summed E-state index contributed by atoms with van der Waals surface area (Å²) in [6.07, 6.45) is 3.03. The summed E-state index contributed by atoms with van der Waals surface area (Å²) in [6.45, 7) is 4.47. The first-order chi connectivity index (χ1) is 17.1. The summed E-state index contributed by atoms with van der Waals surface area (Å²) >= 11 is 6.08. The molecule has 5 nitrogen and oxygen atoms in total. The normalized spacial score (nSPS) is 29.4. The van der Waals surface area contributed by atoms with Crippen LogP contribution in [0.3, 0.4) is 0 Å². The molecule has 2 aliphatic carbocycles. The van der Waals surface area contributed by atoms with Gasteiger partial charge in [0.1, 0.15) is 23.8 Å². The van der Waals surface area contributed by atoms with Gasteiger partial charge in [-0.15, -0.1) is 0 Å². The van der Waals surface area contributed by atoms with Crippen molar-refractivity contribution in [2.24, 2.45) is 5.73 Å². The van der Waals surface area contributed by atoms with Gasteiger partial charge in [-0.05, 0) is 85.7 Å². The van der Waals surface area contributed by atoms with Crippen molar-refractivity contribution in [2.75, 3.05) is 0 Å². The molecule has 0 amide bonds. The summed E-state index contributed by atoms with van der Waals surface area (Å²) < 4.78 is 20.2. The predicted octanol–water partition coefficient (Wildman–Crippen LogP) is 5.10. The number of benzene rings is 2. The predicted molar refractivity (Wildman–Crippen MR) is 138 cm³/mol. The molecule has 0 radical (unpaired) electrons. The van der Waals surface area contributed by atoms with Crippen molar-refractivity contribution in [3.63, 3.8) is 0 Å². The van der Waals surface area contributed by atoms with Gasteiger partial charge in [0.25, 0.3) is 0 Å². The molecule has 7 heteroatoms. The van der Waals surface area contributed by atoms with Gasteiger partial charge in [-0.2, -0.15) is 0 Å². The third kappa shape index (κ3) is 4.01. The van der Waals surface area contributed by atoms with Crippen LogP contribution in [0.2, 0.25) is 5.02 Å². The topological polar surface area (TPSA) is 88.6 Å². The van der Waals surface area contributed by atoms with E-state index in [0.717, 1.165) is 28.1 Å². The molecule has 1 saturated carbocycles. The van der Waals surface area contributed by atoms with Crippen LogP contribution in [-0.2, 0) is 24.0 Å². The first-order valence-electron chi connectivity index (χ1n) is 12.4. The molecule has 0 unspecified atom stereocenters. The average Bonchev–Trinajstić information content (AvgIpc) is 2.84. The van der Waals surface area contributed by atoms with Crippen LogP contribution in [0, 0.1) is 12.7 Å². The Morgan fingerprint density at radius 1 is 1.22 bits per heavy atom. The summed E-state index contributed by atoms with van der Waals surface area (Å²) in [7, 11) is 0. The Hall–Kier alpha value is -2.51. The van der Waals surface area contributed by atoms with Crippen molar-refractivity contribution in [1.82, 2.24) is 4.98 Å². The smallest absolute Gasteiger partial charge is 0.125 e. The highest BCUT2D eigenvalue weighted by Gasteiger charge is 2.62. The van der Waals surface area contributed by atoms with Crippen LogP contribution in [0.15, 0.2) is 54.7 Å². The van der Waals surface area contributed by atoms with Gasteiger partial charge in [-0.1, -0.05) is 30.7 Å². The lowest BCUT2D eigenvalue weighted by atomic mass is 9.48. The fourth-order valence-corrected chi connectivity index (χ4v) is 6.71. The highest BCUT2D eigenvalue weighted by atomic mass is 35.5. The highest BCUT2D eigenvalue weighted by Crippen LogP contribution is 2.58. The van der Waals surface area contributed by atoms with E-state index in [1.165, 1.54) is 18.2 Å². The Morgan fingerprint density at radius 3 is 2.75 bits per heavy atom. The number of nitrogens with zero attached hydrogens (tertiary/aromatic N) is 1. The molecule has 0 bridgehead atoms. The summed E-state index contributed by atoms with van der Waals surface area (Å²) in [4.78, 5) is 4.32. The van der Waals surface area contributed by atoms with Gasteiger partial charge in [-0.3, -0.25) is 4.98 Å². The second-order valence-corrected chi connectivity index (χ2v) is 10.9. The van der Waals surface area contributed by atoms with Crippen LogP contribution >= 0.6 is 11.6 Å². The van der Waals surface area contributed by atoms with Gasteiger partial charge in [0, 0.05) is 39.9 Å². The minimum atomic E-state index is -1.69. The Kier molecular flexibility index (Phi) is 6.36. The molecular formula is C29H32ClFN2O3. The van der Waals surface area contributed by atoms with E-state index >= 15 is 0 Å². The number of nitrogens with two attached hydrogens (primary N) is 1. The highest BCUT2D eigenvalue weighted by molar-refractivity contribution is 6.30. The number of aliphatic hydroxyl groups is 2. The minimum Gasteiger partial charge on any atom is -0.489 e. The van der Waals surface area contributed by atoms with Crippen molar-refractivity contribution >= 4 is 11.6 Å². The molecule has 1 fully saturated rings. The Balaban J connectivity index is 1.47. The van der Waals surface area contributed by atoms with Crippen LogP contribution in [-0.4, -0.2) is 26.8 Å². The van der Waals surface area contributed by atoms with Crippen LogP contribution in [0.1, 0.15) is 60.6 Å². The zero-order valence-corrected chi connectivity index (χ0v) is 21.4. The summed E-state index contributed by atoms with van der Waals surface area (Å²) in [5, 5.41) is 23.2. The first kappa shape index (κ1) is 25.2. The lowest BCUT2D eigenvalue weighted by molar-refractivity contribution is -0.153. The molecule has 1 heterocycles. The molecule has 0 spiro atoms. The monoisotopic (exact) mass is 510 g/mol. The van der Waals surface area contributed by atoms with Gasteiger partial charge in [0.2, 0.25) is 0 Å². The number of hydrogen-bond acceptors (Lipinski definition) is 5. The Bertz CT molecular complexity index is 1280. The quantitative estimate of drug-likeness (QED) is 0.444. The largest absolute Gasteiger partial charge is 0.489 e. The average molecular weight is 511 g/mol. The summed E-state index contributed by atoms with van der Waals surface area (Å²) in [5.41, 5.74) is 8.57. The van der Waals surface area contributed by atoms with E-state index in [0.29, 0.717) is 25.9 Å². The first-order valence-corrected chi connectivity index (χ1v) is 12.8. The lowest BCUT2D eigenvalue weighted by Gasteiger charge is -2.60. The Labute approximate surface area is 216 Å². The van der Waals surface area contributed by atoms with Crippen molar-refractivity contribution in [3.05, 3.63) is 93.5 Å². The molecule has 36 heavy (non-hydrogen) atoms. The third-order valence-electron chi connectivity index (χ3n) is 8.54. The summed E-state index contributed by atoms with van der Waals surface area (Å²) in [5.74, 6) is 0.217. The van der Waals surface area contributed by atoms with E-state index in [4.69, 9.17) is 22.1 Å². The molecule has 190 valence electrons. The number of aliphatic hydroxyl groups excluding tert-OH is 1. The van der Waals surface area contributed by atoms with Gasteiger partial charge >= 0.3 is 0 Å². The van der Waals surface area contributed by atoms with Crippen LogP contribution in [0.4, 0.5) is 4.39 Å². The number of fused-ring (bicyclic) bond motifs is 3. The van der Waals surface area contributed by atoms with Crippen LogP contribution in [0.5, 0.6) is 5.75 Å². The molecule has 0 aliphatic heterocycles. The fourth-order valence-electron chi connectivity index (χ4n) is 6.48.